The predicted octanol–water partition coefficient (Wildman–Crippen LogP) is 3.44. The maximum absolute atomic E-state index is 13.2. The summed E-state index contributed by atoms with van der Waals surface area (Å²) in [6.07, 6.45) is 1.79. The highest BCUT2D eigenvalue weighted by molar-refractivity contribution is 5.93. The molecule has 0 unspecified atom stereocenters. The summed E-state index contributed by atoms with van der Waals surface area (Å²) in [5.74, 6) is -0.587. The second kappa shape index (κ2) is 15.9. The van der Waals surface area contributed by atoms with Crippen LogP contribution in [0.1, 0.15) is 73.2 Å². The van der Waals surface area contributed by atoms with Crippen molar-refractivity contribution in [3.8, 4) is 0 Å². The number of benzene rings is 3. The summed E-state index contributed by atoms with van der Waals surface area (Å²) in [4.78, 5) is 41.1. The summed E-state index contributed by atoms with van der Waals surface area (Å²) in [5.41, 5.74) is 5.71. The average Bonchev–Trinajstić information content (AvgIpc) is 3.46. The maximum Gasteiger partial charge on any atom is 0.247 e. The van der Waals surface area contributed by atoms with E-state index in [1.54, 1.807) is 5.48 Å². The summed E-state index contributed by atoms with van der Waals surface area (Å²) in [6.45, 7) is 3.08. The molecule has 0 aromatic heterocycles. The number of carbonyl (C=O) groups is 3. The van der Waals surface area contributed by atoms with Crippen molar-refractivity contribution in [3.05, 3.63) is 101 Å². The van der Waals surface area contributed by atoms with Crippen molar-refractivity contribution in [1.82, 2.24) is 21.0 Å². The van der Waals surface area contributed by atoms with Gasteiger partial charge in [-0.1, -0.05) is 66.7 Å². The van der Waals surface area contributed by atoms with Gasteiger partial charge in [-0.15, -0.1) is 0 Å². The highest BCUT2D eigenvalue weighted by Crippen LogP contribution is 2.40. The highest BCUT2D eigenvalue weighted by atomic mass is 16.7. The second-order valence-electron chi connectivity index (χ2n) is 13.0. The molecule has 0 aliphatic carbocycles. The van der Waals surface area contributed by atoms with Crippen LogP contribution in [-0.4, -0.2) is 70.9 Å². The van der Waals surface area contributed by atoms with E-state index in [4.69, 9.17) is 14.7 Å². The summed E-state index contributed by atoms with van der Waals surface area (Å²) >= 11 is 0. The largest absolute Gasteiger partial charge is 0.392 e. The van der Waals surface area contributed by atoms with Crippen LogP contribution in [0.3, 0.4) is 0 Å². The summed E-state index contributed by atoms with van der Waals surface area (Å²) in [6, 6.07) is 25.7. The fourth-order valence-corrected chi connectivity index (χ4v) is 7.01. The zero-order valence-electron chi connectivity index (χ0n) is 27.6. The van der Waals surface area contributed by atoms with E-state index in [0.29, 0.717) is 32.6 Å². The molecule has 3 heterocycles. The number of hydrogen-bond donors (Lipinski definition) is 5. The van der Waals surface area contributed by atoms with E-state index < -0.39 is 17.7 Å². The molecule has 3 amide bonds. The molecule has 6 rings (SSSR count). The van der Waals surface area contributed by atoms with Gasteiger partial charge in [-0.25, -0.2) is 5.48 Å². The minimum Gasteiger partial charge on any atom is -0.392 e. The van der Waals surface area contributed by atoms with Crippen LogP contribution >= 0.6 is 0 Å². The summed E-state index contributed by atoms with van der Waals surface area (Å²) < 4.78 is 13.1. The smallest absolute Gasteiger partial charge is 0.247 e. The standard InChI is InChI=1S/C37H45N5O7/c43-24-27-11-13-28(14-12-27)32-21-31(23-41-19-17-37(18-20-41)36(46)39-25-42(37)30-5-2-1-3-6-30)48-35(49-32)29-15-9-26(10-16-29)22-38-33(44)7-4-8-34(45)40-47/h1-3,5-6,9-16,31-32,35,43,47H,4,7-8,17-25H2,(H,38,44)(H,39,46)(H,40,45)/t31-,32+,35+/m1/s1. The van der Waals surface area contributed by atoms with E-state index in [9.17, 15) is 19.5 Å². The molecule has 3 aliphatic heterocycles. The van der Waals surface area contributed by atoms with Gasteiger partial charge in [0.25, 0.3) is 0 Å². The number of aliphatic hydroxyl groups excluding tert-OH is 1. The van der Waals surface area contributed by atoms with E-state index in [2.05, 4.69) is 32.6 Å². The third kappa shape index (κ3) is 8.28. The van der Waals surface area contributed by atoms with Crippen molar-refractivity contribution in [2.75, 3.05) is 31.2 Å². The number of hydroxylamine groups is 1. The number of nitrogens with one attached hydrogen (secondary N) is 3. The lowest BCUT2D eigenvalue weighted by atomic mass is 9.85. The number of piperidine rings is 1. The summed E-state index contributed by atoms with van der Waals surface area (Å²) in [7, 11) is 0. The Bertz CT molecular complexity index is 1560. The Morgan fingerprint density at radius 2 is 1.55 bits per heavy atom. The monoisotopic (exact) mass is 671 g/mol. The first-order valence-corrected chi connectivity index (χ1v) is 17.0. The van der Waals surface area contributed by atoms with Crippen molar-refractivity contribution >= 4 is 23.4 Å². The maximum atomic E-state index is 13.2. The molecular formula is C37H45N5O7. The Labute approximate surface area is 286 Å². The molecule has 3 aromatic carbocycles. The van der Waals surface area contributed by atoms with Crippen LogP contribution in [0.5, 0.6) is 0 Å². The number of rotatable bonds is 12. The molecule has 0 radical (unpaired) electrons. The Kier molecular flexibility index (Phi) is 11.2. The Morgan fingerprint density at radius 1 is 0.878 bits per heavy atom. The van der Waals surface area contributed by atoms with Crippen molar-refractivity contribution in [1.29, 1.82) is 0 Å². The molecule has 0 bridgehead atoms. The van der Waals surface area contributed by atoms with Crippen molar-refractivity contribution < 1.29 is 34.2 Å². The van der Waals surface area contributed by atoms with E-state index in [-0.39, 0.29) is 43.5 Å². The zero-order valence-corrected chi connectivity index (χ0v) is 27.6. The number of ether oxygens (including phenoxy) is 2. The van der Waals surface area contributed by atoms with E-state index in [1.165, 1.54) is 0 Å². The van der Waals surface area contributed by atoms with Crippen LogP contribution in [0.25, 0.3) is 0 Å². The topological polar surface area (TPSA) is 153 Å². The number of nitrogens with zero attached hydrogens (tertiary/aromatic N) is 2. The summed E-state index contributed by atoms with van der Waals surface area (Å²) in [5, 5.41) is 24.1. The van der Waals surface area contributed by atoms with Gasteiger partial charge in [-0.05, 0) is 48.1 Å². The lowest BCUT2D eigenvalue weighted by Gasteiger charge is -2.45. The SMILES string of the molecule is O=C(CCCC(=O)NCc1ccc([C@H]2O[C@@H](CN3CCC4(CC3)C(=O)NCN4c3ccccc3)C[C@@H](c3ccc(CO)cc3)O2)cc1)NO. The zero-order chi connectivity index (χ0) is 34.2. The van der Waals surface area contributed by atoms with Gasteiger partial charge in [0.15, 0.2) is 6.29 Å². The van der Waals surface area contributed by atoms with Crippen LogP contribution in [-0.2, 0) is 37.0 Å². The van der Waals surface area contributed by atoms with E-state index >= 15 is 0 Å². The molecule has 1 spiro atoms. The minimum absolute atomic E-state index is 0.0238. The second-order valence-corrected chi connectivity index (χ2v) is 13.0. The Hall–Kier alpha value is -4.33. The lowest BCUT2D eigenvalue weighted by Crippen LogP contribution is -2.57. The van der Waals surface area contributed by atoms with Crippen LogP contribution in [0.2, 0.25) is 0 Å². The fraction of sp³-hybridized carbons (Fsp3) is 0.432. The number of aliphatic hydroxyl groups is 1. The first kappa shape index (κ1) is 34.5. The molecule has 3 atom stereocenters. The van der Waals surface area contributed by atoms with Crippen LogP contribution in [0.15, 0.2) is 78.9 Å². The first-order valence-electron chi connectivity index (χ1n) is 17.0. The predicted molar refractivity (Wildman–Crippen MR) is 181 cm³/mol. The minimum atomic E-state index is -0.604. The van der Waals surface area contributed by atoms with Crippen LogP contribution < -0.4 is 21.0 Å². The van der Waals surface area contributed by atoms with Gasteiger partial charge in [0.2, 0.25) is 17.7 Å². The fourth-order valence-electron chi connectivity index (χ4n) is 7.01. The van der Waals surface area contributed by atoms with Crippen molar-refractivity contribution in [2.24, 2.45) is 0 Å². The molecule has 0 saturated carbocycles. The quantitative estimate of drug-likeness (QED) is 0.144. The van der Waals surface area contributed by atoms with Gasteiger partial charge in [-0.2, -0.15) is 0 Å². The number of anilines is 1. The Morgan fingerprint density at radius 3 is 2.24 bits per heavy atom. The number of para-hydroxylation sites is 1. The molecule has 3 aliphatic rings. The number of hydrogen-bond acceptors (Lipinski definition) is 9. The van der Waals surface area contributed by atoms with Gasteiger partial charge in [-0.3, -0.25) is 19.6 Å². The lowest BCUT2D eigenvalue weighted by molar-refractivity contribution is -0.253. The molecule has 260 valence electrons. The highest BCUT2D eigenvalue weighted by Gasteiger charge is 2.50. The van der Waals surface area contributed by atoms with Crippen LogP contribution in [0.4, 0.5) is 5.69 Å². The van der Waals surface area contributed by atoms with Crippen molar-refractivity contribution in [3.63, 3.8) is 0 Å². The van der Waals surface area contributed by atoms with Gasteiger partial charge in [0.05, 0.1) is 25.5 Å². The van der Waals surface area contributed by atoms with Gasteiger partial charge >= 0.3 is 0 Å². The molecular weight excluding hydrogens is 626 g/mol. The number of amides is 3. The van der Waals surface area contributed by atoms with Gasteiger partial charge in [0, 0.05) is 56.7 Å². The average molecular weight is 672 g/mol. The van der Waals surface area contributed by atoms with Crippen molar-refractivity contribution in [2.45, 2.75) is 75.7 Å². The third-order valence-corrected chi connectivity index (χ3v) is 9.84. The van der Waals surface area contributed by atoms with E-state index in [0.717, 1.165) is 53.9 Å². The molecule has 12 nitrogen and oxygen atoms in total. The molecule has 3 saturated heterocycles. The van der Waals surface area contributed by atoms with Crippen LogP contribution in [0, 0.1) is 0 Å². The molecule has 3 fully saturated rings. The third-order valence-electron chi connectivity index (χ3n) is 9.84. The van der Waals surface area contributed by atoms with Gasteiger partial charge < -0.3 is 35.0 Å². The molecule has 49 heavy (non-hydrogen) atoms. The normalized spacial score (nSPS) is 22.1. The molecule has 12 heteroatoms. The van der Waals surface area contributed by atoms with E-state index in [1.807, 2.05) is 66.7 Å². The van der Waals surface area contributed by atoms with Gasteiger partial charge in [0.1, 0.15) is 5.54 Å². The molecule has 5 N–H and O–H groups in total. The first-order chi connectivity index (χ1) is 23.9. The Balaban J connectivity index is 1.10. The number of likely N-dealkylation sites (tertiary alicyclic amines) is 1. The number of carbonyl (C=O) groups excluding carboxylic acids is 3. The molecule has 3 aromatic rings.